The fourth-order valence-electron chi connectivity index (χ4n) is 2.35. The Morgan fingerprint density at radius 3 is 2.65 bits per heavy atom. The van der Waals surface area contributed by atoms with E-state index in [1.165, 1.54) is 16.5 Å². The summed E-state index contributed by atoms with van der Waals surface area (Å²) < 4.78 is 10.9. The van der Waals surface area contributed by atoms with Gasteiger partial charge in [0, 0.05) is 18.7 Å². The van der Waals surface area contributed by atoms with Gasteiger partial charge in [-0.15, -0.1) is 0 Å². The van der Waals surface area contributed by atoms with Crippen molar-refractivity contribution in [1.82, 2.24) is 4.98 Å². The van der Waals surface area contributed by atoms with Gasteiger partial charge in [0.25, 0.3) is 0 Å². The number of ether oxygens (including phenoxy) is 2. The van der Waals surface area contributed by atoms with E-state index in [-0.39, 0.29) is 0 Å². The predicted octanol–water partition coefficient (Wildman–Crippen LogP) is 3.95. The molecule has 3 heteroatoms. The molecule has 0 amide bonds. The lowest BCUT2D eigenvalue weighted by molar-refractivity contribution is 0.147. The smallest absolute Gasteiger partial charge is 0.145 e. The number of nitrogens with zero attached hydrogens (tertiary/aromatic N) is 1. The average molecular weight is 273 g/mol. The molecule has 0 bridgehead atoms. The van der Waals surface area contributed by atoms with E-state index in [4.69, 9.17) is 9.47 Å². The summed E-state index contributed by atoms with van der Waals surface area (Å²) in [5, 5.41) is 1.20. The molecule has 0 spiro atoms. The van der Waals surface area contributed by atoms with Crippen LogP contribution >= 0.6 is 0 Å². The van der Waals surface area contributed by atoms with E-state index in [0.29, 0.717) is 19.1 Å². The average Bonchev–Trinajstić information content (AvgIpc) is 2.46. The Morgan fingerprint density at radius 2 is 2.00 bits per heavy atom. The highest BCUT2D eigenvalue weighted by atomic mass is 16.5. The maximum absolute atomic E-state index is 5.85. The van der Waals surface area contributed by atoms with Gasteiger partial charge < -0.3 is 9.47 Å². The van der Waals surface area contributed by atoms with Gasteiger partial charge in [0.2, 0.25) is 0 Å². The summed E-state index contributed by atoms with van der Waals surface area (Å²) in [5.41, 5.74) is 3.55. The van der Waals surface area contributed by atoms with Crippen LogP contribution in [0.2, 0.25) is 0 Å². The number of benzene rings is 1. The Hall–Kier alpha value is -1.61. The van der Waals surface area contributed by atoms with Gasteiger partial charge in [0.05, 0.1) is 6.61 Å². The van der Waals surface area contributed by atoms with E-state index in [2.05, 4.69) is 44.0 Å². The van der Waals surface area contributed by atoms with E-state index in [1.807, 2.05) is 6.20 Å². The molecular weight excluding hydrogens is 250 g/mol. The molecule has 20 heavy (non-hydrogen) atoms. The van der Waals surface area contributed by atoms with Crippen LogP contribution in [0.1, 0.15) is 37.8 Å². The van der Waals surface area contributed by atoms with E-state index in [0.717, 1.165) is 17.7 Å². The molecule has 1 heterocycles. The Bertz CT molecular complexity index is 578. The zero-order valence-electron chi connectivity index (χ0n) is 12.8. The van der Waals surface area contributed by atoms with Crippen molar-refractivity contribution in [2.45, 2.75) is 33.1 Å². The predicted molar refractivity (Wildman–Crippen MR) is 82.6 cm³/mol. The molecule has 0 aliphatic carbocycles. The van der Waals surface area contributed by atoms with E-state index in [9.17, 15) is 0 Å². The van der Waals surface area contributed by atoms with Gasteiger partial charge in [-0.05, 0) is 41.7 Å². The second-order valence-electron chi connectivity index (χ2n) is 5.24. The third kappa shape index (κ3) is 3.10. The minimum atomic E-state index is 0.472. The van der Waals surface area contributed by atoms with E-state index >= 15 is 0 Å². The first-order valence-electron chi connectivity index (χ1n) is 7.20. The first-order chi connectivity index (χ1) is 9.67. The minimum Gasteiger partial charge on any atom is -0.489 e. The number of hydrogen-bond donors (Lipinski definition) is 0. The third-order valence-electron chi connectivity index (χ3n) is 3.48. The number of hydrogen-bond acceptors (Lipinski definition) is 3. The molecule has 0 radical (unpaired) electrons. The lowest BCUT2D eigenvalue weighted by Crippen LogP contribution is -2.06. The van der Waals surface area contributed by atoms with Crippen molar-refractivity contribution in [3.63, 3.8) is 0 Å². The maximum atomic E-state index is 5.85. The van der Waals surface area contributed by atoms with Gasteiger partial charge in [0.15, 0.2) is 0 Å². The molecule has 0 saturated carbocycles. The van der Waals surface area contributed by atoms with E-state index < -0.39 is 0 Å². The fourth-order valence-corrected chi connectivity index (χ4v) is 2.35. The molecule has 0 aliphatic heterocycles. The van der Waals surface area contributed by atoms with Crippen molar-refractivity contribution in [2.75, 3.05) is 20.3 Å². The number of aromatic nitrogens is 1. The lowest BCUT2D eigenvalue weighted by Gasteiger charge is -2.14. The molecule has 2 aromatic rings. The number of methoxy groups -OCH3 is 1. The quantitative estimate of drug-likeness (QED) is 0.747. The lowest BCUT2D eigenvalue weighted by atomic mass is 9.97. The van der Waals surface area contributed by atoms with Crippen LogP contribution in [-0.4, -0.2) is 25.3 Å². The van der Waals surface area contributed by atoms with Gasteiger partial charge >= 0.3 is 0 Å². The Labute approximate surface area is 120 Å². The number of rotatable bonds is 6. The molecule has 2 rings (SSSR count). The van der Waals surface area contributed by atoms with E-state index in [1.54, 1.807) is 7.11 Å². The molecule has 0 unspecified atom stereocenters. The first-order valence-corrected chi connectivity index (χ1v) is 7.20. The summed E-state index contributed by atoms with van der Waals surface area (Å²) in [5.74, 6) is 1.33. The summed E-state index contributed by atoms with van der Waals surface area (Å²) in [6.07, 6.45) is 2.86. The summed E-state index contributed by atoms with van der Waals surface area (Å²) in [6, 6.07) is 6.43. The zero-order chi connectivity index (χ0) is 14.5. The van der Waals surface area contributed by atoms with Crippen LogP contribution in [0.25, 0.3) is 10.9 Å². The van der Waals surface area contributed by atoms with Crippen LogP contribution in [0.15, 0.2) is 24.4 Å². The summed E-state index contributed by atoms with van der Waals surface area (Å²) in [4.78, 5) is 4.51. The molecule has 0 aliphatic rings. The van der Waals surface area contributed by atoms with Crippen LogP contribution in [0, 0.1) is 0 Å². The summed E-state index contributed by atoms with van der Waals surface area (Å²) >= 11 is 0. The molecule has 3 nitrogen and oxygen atoms in total. The normalized spacial score (nSPS) is 11.2. The van der Waals surface area contributed by atoms with Crippen molar-refractivity contribution in [3.05, 3.63) is 35.5 Å². The summed E-state index contributed by atoms with van der Waals surface area (Å²) in [6.45, 7) is 7.71. The minimum absolute atomic E-state index is 0.472. The van der Waals surface area contributed by atoms with Gasteiger partial charge in [-0.3, -0.25) is 4.98 Å². The first kappa shape index (κ1) is 14.8. The van der Waals surface area contributed by atoms with Crippen LogP contribution in [0.3, 0.4) is 0 Å². The Kier molecular flexibility index (Phi) is 4.96. The Balaban J connectivity index is 2.52. The van der Waals surface area contributed by atoms with Gasteiger partial charge in [-0.2, -0.15) is 0 Å². The van der Waals surface area contributed by atoms with Crippen molar-refractivity contribution >= 4 is 10.9 Å². The molecule has 0 saturated heterocycles. The molecular formula is C17H23NO2. The second kappa shape index (κ2) is 6.71. The van der Waals surface area contributed by atoms with Crippen molar-refractivity contribution in [3.8, 4) is 5.75 Å². The van der Waals surface area contributed by atoms with Crippen LogP contribution < -0.4 is 4.74 Å². The topological polar surface area (TPSA) is 31.4 Å². The van der Waals surface area contributed by atoms with Crippen LogP contribution in [0.4, 0.5) is 0 Å². The highest BCUT2D eigenvalue weighted by molar-refractivity contribution is 5.88. The van der Waals surface area contributed by atoms with Gasteiger partial charge in [-0.1, -0.05) is 20.8 Å². The van der Waals surface area contributed by atoms with Gasteiger partial charge in [0.1, 0.15) is 17.9 Å². The second-order valence-corrected chi connectivity index (χ2v) is 5.24. The number of aryl methyl sites for hydroxylation is 1. The number of fused-ring (bicyclic) bond motifs is 1. The molecule has 1 aromatic heterocycles. The maximum Gasteiger partial charge on any atom is 0.145 e. The highest BCUT2D eigenvalue weighted by Gasteiger charge is 2.11. The largest absolute Gasteiger partial charge is 0.489 e. The molecule has 0 fully saturated rings. The molecule has 1 aromatic carbocycles. The van der Waals surface area contributed by atoms with Gasteiger partial charge in [-0.25, -0.2) is 0 Å². The monoisotopic (exact) mass is 273 g/mol. The number of pyridine rings is 1. The standard InChI is InChI=1S/C17H23NO2/c1-5-13-10-15-14(12(2)3)6-7-18-17(15)16(11-13)20-9-8-19-4/h6-7,10-12H,5,8-9H2,1-4H3. The van der Waals surface area contributed by atoms with Crippen molar-refractivity contribution in [1.29, 1.82) is 0 Å². The summed E-state index contributed by atoms with van der Waals surface area (Å²) in [7, 11) is 1.68. The Morgan fingerprint density at radius 1 is 1.20 bits per heavy atom. The van der Waals surface area contributed by atoms with Crippen molar-refractivity contribution in [2.24, 2.45) is 0 Å². The van der Waals surface area contributed by atoms with Crippen LogP contribution in [-0.2, 0) is 11.2 Å². The highest BCUT2D eigenvalue weighted by Crippen LogP contribution is 2.31. The molecule has 108 valence electrons. The fraction of sp³-hybridized carbons (Fsp3) is 0.471. The molecule has 0 atom stereocenters. The zero-order valence-corrected chi connectivity index (χ0v) is 12.8. The SMILES string of the molecule is CCc1cc(OCCOC)c2nccc(C(C)C)c2c1. The van der Waals surface area contributed by atoms with Crippen molar-refractivity contribution < 1.29 is 9.47 Å². The molecule has 0 N–H and O–H groups in total. The third-order valence-corrected chi connectivity index (χ3v) is 3.48. The van der Waals surface area contributed by atoms with Crippen LogP contribution in [0.5, 0.6) is 5.75 Å².